The van der Waals surface area contributed by atoms with Gasteiger partial charge in [-0.15, -0.1) is 23.2 Å². The van der Waals surface area contributed by atoms with Gasteiger partial charge < -0.3 is 0 Å². The molecule has 0 saturated carbocycles. The van der Waals surface area contributed by atoms with E-state index in [1.165, 1.54) is 9.75 Å². The minimum absolute atomic E-state index is 0.245. The van der Waals surface area contributed by atoms with Gasteiger partial charge in [0.05, 0.1) is 6.04 Å². The zero-order valence-corrected chi connectivity index (χ0v) is 9.45. The molecule has 1 heterocycles. The topological polar surface area (TPSA) is 38.0 Å². The average Bonchev–Trinajstić information content (AvgIpc) is 2.60. The van der Waals surface area contributed by atoms with Gasteiger partial charge in [-0.2, -0.15) is 0 Å². The summed E-state index contributed by atoms with van der Waals surface area (Å²) in [7, 11) is 0. The number of thiophene rings is 1. The van der Waals surface area contributed by atoms with Crippen molar-refractivity contribution in [3.05, 3.63) is 21.9 Å². The Morgan fingerprint density at radius 3 is 2.86 bits per heavy atom. The van der Waals surface area contributed by atoms with Gasteiger partial charge in [-0.25, -0.2) is 0 Å². The SMILES string of the molecule is CC#CCCC(NN)c1ccc(C)s1. The van der Waals surface area contributed by atoms with E-state index in [9.17, 15) is 0 Å². The first-order chi connectivity index (χ1) is 6.77. The summed E-state index contributed by atoms with van der Waals surface area (Å²) >= 11 is 1.79. The Morgan fingerprint density at radius 1 is 1.57 bits per heavy atom. The molecule has 0 aromatic carbocycles. The van der Waals surface area contributed by atoms with Gasteiger partial charge >= 0.3 is 0 Å². The quantitative estimate of drug-likeness (QED) is 0.453. The Morgan fingerprint density at radius 2 is 2.36 bits per heavy atom. The van der Waals surface area contributed by atoms with Gasteiger partial charge in [-0.05, 0) is 32.4 Å². The normalized spacial score (nSPS) is 11.9. The lowest BCUT2D eigenvalue weighted by molar-refractivity contribution is 0.532. The van der Waals surface area contributed by atoms with Crippen molar-refractivity contribution >= 4 is 11.3 Å². The summed E-state index contributed by atoms with van der Waals surface area (Å²) in [4.78, 5) is 2.62. The summed E-state index contributed by atoms with van der Waals surface area (Å²) in [6, 6.07) is 4.49. The summed E-state index contributed by atoms with van der Waals surface area (Å²) < 4.78 is 0. The Labute approximate surface area is 89.5 Å². The van der Waals surface area contributed by atoms with E-state index in [1.807, 2.05) is 6.92 Å². The van der Waals surface area contributed by atoms with Crippen LogP contribution in [0.1, 0.15) is 35.6 Å². The molecule has 1 aromatic rings. The highest BCUT2D eigenvalue weighted by molar-refractivity contribution is 7.12. The van der Waals surface area contributed by atoms with Gasteiger partial charge in [0, 0.05) is 16.2 Å². The molecule has 3 heteroatoms. The summed E-state index contributed by atoms with van der Waals surface area (Å²) in [5.41, 5.74) is 2.83. The van der Waals surface area contributed by atoms with Crippen LogP contribution in [0.4, 0.5) is 0 Å². The molecule has 0 aliphatic carbocycles. The first kappa shape index (κ1) is 11.3. The summed E-state index contributed by atoms with van der Waals surface area (Å²) in [6.07, 6.45) is 1.86. The first-order valence-corrected chi connectivity index (χ1v) is 5.51. The summed E-state index contributed by atoms with van der Waals surface area (Å²) in [5.74, 6) is 11.4. The fourth-order valence-electron chi connectivity index (χ4n) is 1.29. The zero-order chi connectivity index (χ0) is 10.4. The van der Waals surface area contributed by atoms with Crippen LogP contribution in [-0.4, -0.2) is 0 Å². The predicted octanol–water partition coefficient (Wildman–Crippen LogP) is 2.36. The molecule has 0 spiro atoms. The van der Waals surface area contributed by atoms with Crippen LogP contribution in [0.2, 0.25) is 0 Å². The molecule has 2 nitrogen and oxygen atoms in total. The van der Waals surface area contributed by atoms with Gasteiger partial charge in [0.2, 0.25) is 0 Å². The third-order valence-corrected chi connectivity index (χ3v) is 3.15. The molecule has 0 fully saturated rings. The number of hydrogen-bond donors (Lipinski definition) is 2. The van der Waals surface area contributed by atoms with E-state index in [4.69, 9.17) is 5.84 Å². The van der Waals surface area contributed by atoms with Crippen LogP contribution < -0.4 is 11.3 Å². The van der Waals surface area contributed by atoms with Crippen molar-refractivity contribution < 1.29 is 0 Å². The molecular weight excluding hydrogens is 192 g/mol. The molecule has 0 bridgehead atoms. The standard InChI is InChI=1S/C11H16N2S/c1-3-4-5-6-10(13-12)11-8-7-9(2)14-11/h7-8,10,13H,5-6,12H2,1-2H3. The highest BCUT2D eigenvalue weighted by Crippen LogP contribution is 2.25. The fourth-order valence-corrected chi connectivity index (χ4v) is 2.26. The second-order valence-electron chi connectivity index (χ2n) is 3.13. The van der Waals surface area contributed by atoms with Crippen LogP contribution in [0, 0.1) is 18.8 Å². The number of hydrazine groups is 1. The molecule has 0 saturated heterocycles. The van der Waals surface area contributed by atoms with E-state index in [1.54, 1.807) is 11.3 Å². The molecule has 1 aromatic heterocycles. The zero-order valence-electron chi connectivity index (χ0n) is 8.63. The Bertz CT molecular complexity index is 333. The lowest BCUT2D eigenvalue weighted by Crippen LogP contribution is -2.27. The lowest BCUT2D eigenvalue weighted by Gasteiger charge is -2.11. The third-order valence-electron chi connectivity index (χ3n) is 2.04. The van der Waals surface area contributed by atoms with Crippen LogP contribution in [0.5, 0.6) is 0 Å². The van der Waals surface area contributed by atoms with Crippen molar-refractivity contribution in [2.75, 3.05) is 0 Å². The first-order valence-electron chi connectivity index (χ1n) is 4.70. The Balaban J connectivity index is 2.56. The summed E-state index contributed by atoms with van der Waals surface area (Å²) in [6.45, 7) is 3.97. The van der Waals surface area contributed by atoms with E-state index >= 15 is 0 Å². The van der Waals surface area contributed by atoms with Crippen molar-refractivity contribution in [1.82, 2.24) is 5.43 Å². The highest BCUT2D eigenvalue weighted by Gasteiger charge is 2.10. The molecule has 3 N–H and O–H groups in total. The van der Waals surface area contributed by atoms with Gasteiger partial charge in [0.1, 0.15) is 0 Å². The molecule has 1 atom stereocenters. The largest absolute Gasteiger partial charge is 0.271 e. The highest BCUT2D eigenvalue weighted by atomic mass is 32.1. The van der Waals surface area contributed by atoms with Crippen LogP contribution in [0.25, 0.3) is 0 Å². The molecular formula is C11H16N2S. The van der Waals surface area contributed by atoms with Crippen molar-refractivity contribution in [3.8, 4) is 11.8 Å². The lowest BCUT2D eigenvalue weighted by atomic mass is 10.1. The fraction of sp³-hybridized carbons (Fsp3) is 0.455. The maximum Gasteiger partial charge on any atom is 0.0562 e. The van der Waals surface area contributed by atoms with E-state index in [2.05, 4.69) is 36.3 Å². The number of rotatable bonds is 4. The smallest absolute Gasteiger partial charge is 0.0562 e. The molecule has 0 aliphatic heterocycles. The van der Waals surface area contributed by atoms with Crippen LogP contribution in [0.15, 0.2) is 12.1 Å². The molecule has 0 radical (unpaired) electrons. The van der Waals surface area contributed by atoms with Crippen molar-refractivity contribution in [3.63, 3.8) is 0 Å². The van der Waals surface area contributed by atoms with Crippen LogP contribution in [-0.2, 0) is 0 Å². The van der Waals surface area contributed by atoms with Crippen molar-refractivity contribution in [1.29, 1.82) is 0 Å². The Hall–Kier alpha value is -0.820. The molecule has 76 valence electrons. The summed E-state index contributed by atoms with van der Waals surface area (Å²) in [5, 5.41) is 0. The van der Waals surface area contributed by atoms with Gasteiger partial charge in [-0.1, -0.05) is 0 Å². The van der Waals surface area contributed by atoms with Crippen molar-refractivity contribution in [2.45, 2.75) is 32.7 Å². The second-order valence-corrected chi connectivity index (χ2v) is 4.45. The third kappa shape index (κ3) is 3.15. The van der Waals surface area contributed by atoms with Crippen molar-refractivity contribution in [2.24, 2.45) is 5.84 Å². The molecule has 14 heavy (non-hydrogen) atoms. The maximum absolute atomic E-state index is 5.50. The van der Waals surface area contributed by atoms with Crippen LogP contribution in [0.3, 0.4) is 0 Å². The Kier molecular flexibility index (Phi) is 4.68. The average molecular weight is 208 g/mol. The molecule has 0 amide bonds. The molecule has 1 unspecified atom stereocenters. The van der Waals surface area contributed by atoms with E-state index < -0.39 is 0 Å². The maximum atomic E-state index is 5.50. The van der Waals surface area contributed by atoms with E-state index in [0.29, 0.717) is 0 Å². The molecule has 1 rings (SSSR count). The van der Waals surface area contributed by atoms with Gasteiger partial charge in [0.15, 0.2) is 0 Å². The minimum atomic E-state index is 0.245. The van der Waals surface area contributed by atoms with Crippen LogP contribution >= 0.6 is 11.3 Å². The van der Waals surface area contributed by atoms with Gasteiger partial charge in [0.25, 0.3) is 0 Å². The van der Waals surface area contributed by atoms with Gasteiger partial charge in [-0.3, -0.25) is 11.3 Å². The second kappa shape index (κ2) is 5.82. The number of nitrogens with two attached hydrogens (primary N) is 1. The predicted molar refractivity (Wildman–Crippen MR) is 61.8 cm³/mol. The molecule has 0 aliphatic rings. The minimum Gasteiger partial charge on any atom is -0.271 e. The number of aryl methyl sites for hydroxylation is 1. The number of nitrogens with one attached hydrogen (secondary N) is 1. The monoisotopic (exact) mass is 208 g/mol. The van der Waals surface area contributed by atoms with E-state index in [0.717, 1.165) is 12.8 Å². The van der Waals surface area contributed by atoms with E-state index in [-0.39, 0.29) is 6.04 Å². The number of hydrogen-bond acceptors (Lipinski definition) is 3.